The third-order valence-electron chi connectivity index (χ3n) is 8.17. The Labute approximate surface area is 285 Å². The van der Waals surface area contributed by atoms with Gasteiger partial charge in [-0.1, -0.05) is 60.2 Å². The van der Waals surface area contributed by atoms with Crippen LogP contribution in [0.4, 0.5) is 11.4 Å². The molecule has 0 spiro atoms. The van der Waals surface area contributed by atoms with Crippen LogP contribution < -0.4 is 10.9 Å². The normalized spacial score (nSPS) is 12.4. The van der Waals surface area contributed by atoms with E-state index in [1.165, 1.54) is 36.4 Å². The summed E-state index contributed by atoms with van der Waals surface area (Å²) < 4.78 is 67.3. The van der Waals surface area contributed by atoms with Crippen LogP contribution in [0.1, 0.15) is 50.2 Å². The standard InChI is InChI=1S/C35H28N2O11S2/c1-19-11-13-20(14-12-19)18-48-35(42)31-28-23-8-2-3-9-24(23)33(40)29-25(17-26(50(45,46)47)32(30(28)29)37-34(31)41)36-21-6-4-7-22(16-21)49(43,44)15-5-10-27(38)39/h2-4,6-9,11-14,16-17,36H,5,10,15,18H2,1H3,(H,37,41)(H,38,39)(H,45,46,47). The number of carboxylic acid groups (broad SMARTS) is 1. The lowest BCUT2D eigenvalue weighted by molar-refractivity contribution is -0.137. The van der Waals surface area contributed by atoms with E-state index in [4.69, 9.17) is 9.84 Å². The molecule has 1 aliphatic carbocycles. The Hall–Kier alpha value is -5.64. The van der Waals surface area contributed by atoms with Gasteiger partial charge in [0.05, 0.1) is 27.4 Å². The van der Waals surface area contributed by atoms with Gasteiger partial charge in [-0.2, -0.15) is 8.42 Å². The number of ether oxygens (including phenoxy) is 1. The number of pyridine rings is 1. The molecule has 0 atom stereocenters. The van der Waals surface area contributed by atoms with Gasteiger partial charge in [0.1, 0.15) is 17.1 Å². The van der Waals surface area contributed by atoms with Gasteiger partial charge in [-0.15, -0.1) is 0 Å². The van der Waals surface area contributed by atoms with Gasteiger partial charge in [0.15, 0.2) is 15.6 Å². The summed E-state index contributed by atoms with van der Waals surface area (Å²) in [6.45, 7) is 1.69. The smallest absolute Gasteiger partial charge is 0.344 e. The highest BCUT2D eigenvalue weighted by molar-refractivity contribution is 7.91. The number of nitrogens with one attached hydrogen (secondary N) is 2. The minimum Gasteiger partial charge on any atom is -0.481 e. The fourth-order valence-electron chi connectivity index (χ4n) is 5.84. The van der Waals surface area contributed by atoms with Crippen molar-refractivity contribution in [3.8, 4) is 11.1 Å². The predicted octanol–water partition coefficient (Wildman–Crippen LogP) is 5.03. The van der Waals surface area contributed by atoms with Crippen molar-refractivity contribution in [2.24, 2.45) is 0 Å². The quantitative estimate of drug-likeness (QED) is 0.103. The molecule has 0 radical (unpaired) electrons. The molecule has 6 rings (SSSR count). The van der Waals surface area contributed by atoms with Crippen molar-refractivity contribution in [3.05, 3.63) is 117 Å². The van der Waals surface area contributed by atoms with Crippen molar-refractivity contribution in [2.45, 2.75) is 36.2 Å². The minimum absolute atomic E-state index is 0.0805. The molecule has 50 heavy (non-hydrogen) atoms. The third-order valence-corrected chi connectivity index (χ3v) is 10.8. The maximum Gasteiger partial charge on any atom is 0.344 e. The number of ketones is 1. The molecule has 4 N–H and O–H groups in total. The van der Waals surface area contributed by atoms with Crippen LogP contribution in [0.5, 0.6) is 0 Å². The Morgan fingerprint density at radius 3 is 2.26 bits per heavy atom. The minimum atomic E-state index is -5.09. The highest BCUT2D eigenvalue weighted by Crippen LogP contribution is 2.45. The Balaban J connectivity index is 1.55. The third kappa shape index (κ3) is 6.53. The second-order valence-electron chi connectivity index (χ2n) is 11.6. The van der Waals surface area contributed by atoms with Gasteiger partial charge in [0.25, 0.3) is 15.7 Å². The molecule has 0 unspecified atom stereocenters. The lowest BCUT2D eigenvalue weighted by atomic mass is 9.81. The molecule has 0 saturated heterocycles. The van der Waals surface area contributed by atoms with E-state index in [1.807, 2.05) is 19.1 Å². The van der Waals surface area contributed by atoms with Crippen molar-refractivity contribution in [2.75, 3.05) is 11.1 Å². The molecule has 1 heterocycles. The summed E-state index contributed by atoms with van der Waals surface area (Å²) in [5.41, 5.74) is -0.458. The average Bonchev–Trinajstić information content (AvgIpc) is 3.06. The zero-order valence-corrected chi connectivity index (χ0v) is 27.9. The first kappa shape index (κ1) is 34.2. The number of fused-ring (bicyclic) bond motifs is 2. The molecular weight excluding hydrogens is 689 g/mol. The molecule has 256 valence electrons. The predicted molar refractivity (Wildman–Crippen MR) is 182 cm³/mol. The van der Waals surface area contributed by atoms with E-state index in [2.05, 4.69) is 10.3 Å². The second kappa shape index (κ2) is 13.0. The highest BCUT2D eigenvalue weighted by Gasteiger charge is 2.36. The topological polar surface area (TPSA) is 214 Å². The molecule has 5 aromatic rings. The monoisotopic (exact) mass is 716 g/mol. The molecule has 4 aromatic carbocycles. The van der Waals surface area contributed by atoms with E-state index in [0.29, 0.717) is 5.56 Å². The molecule has 0 fully saturated rings. The van der Waals surface area contributed by atoms with E-state index in [-0.39, 0.29) is 63.4 Å². The molecule has 0 bridgehead atoms. The van der Waals surface area contributed by atoms with Gasteiger partial charge in [-0.25, -0.2) is 13.2 Å². The van der Waals surface area contributed by atoms with Crippen LogP contribution in [0.2, 0.25) is 0 Å². The SMILES string of the molecule is Cc1ccc(COC(=O)c2c3c4c(c(Nc5cccc(S(=O)(=O)CCCC(=O)O)c5)cc(S(=O)(=O)O)c4[nH]c2=O)C(=O)c2ccccc2-3)cc1. The number of benzene rings is 4. The Morgan fingerprint density at radius 1 is 0.880 bits per heavy atom. The number of anilines is 2. The second-order valence-corrected chi connectivity index (χ2v) is 15.1. The van der Waals surface area contributed by atoms with Crippen molar-refractivity contribution in [1.29, 1.82) is 0 Å². The van der Waals surface area contributed by atoms with Crippen LogP contribution in [0.25, 0.3) is 22.0 Å². The van der Waals surface area contributed by atoms with Gasteiger partial charge in [-0.05, 0) is 48.7 Å². The summed E-state index contributed by atoms with van der Waals surface area (Å²) in [6, 6.07) is 19.5. The number of aryl methyl sites for hydroxylation is 1. The van der Waals surface area contributed by atoms with Gasteiger partial charge in [0.2, 0.25) is 0 Å². The molecule has 0 amide bonds. The molecule has 0 aliphatic heterocycles. The van der Waals surface area contributed by atoms with Crippen LogP contribution >= 0.6 is 0 Å². The number of sulfone groups is 1. The molecule has 1 aromatic heterocycles. The maximum atomic E-state index is 14.2. The number of esters is 1. The van der Waals surface area contributed by atoms with E-state index < -0.39 is 65.0 Å². The number of aliphatic carboxylic acids is 1. The van der Waals surface area contributed by atoms with Gasteiger partial charge in [0, 0.05) is 28.6 Å². The molecule has 0 saturated carbocycles. The summed E-state index contributed by atoms with van der Waals surface area (Å²) in [5.74, 6) is -3.27. The van der Waals surface area contributed by atoms with Crippen LogP contribution in [-0.4, -0.2) is 55.0 Å². The average molecular weight is 717 g/mol. The molecule has 1 aliphatic rings. The Kier molecular flexibility index (Phi) is 8.90. The van der Waals surface area contributed by atoms with Gasteiger partial charge >= 0.3 is 11.9 Å². The highest BCUT2D eigenvalue weighted by atomic mass is 32.2. The fourth-order valence-corrected chi connectivity index (χ4v) is 7.87. The van der Waals surface area contributed by atoms with Crippen molar-refractivity contribution >= 4 is 60.0 Å². The number of carboxylic acids is 1. The van der Waals surface area contributed by atoms with Gasteiger partial charge < -0.3 is 20.1 Å². The summed E-state index contributed by atoms with van der Waals surface area (Å²) in [6.07, 6.45) is -0.488. The largest absolute Gasteiger partial charge is 0.481 e. The van der Waals surface area contributed by atoms with Crippen molar-refractivity contribution in [1.82, 2.24) is 4.98 Å². The van der Waals surface area contributed by atoms with Crippen molar-refractivity contribution < 1.29 is 45.6 Å². The first-order valence-corrected chi connectivity index (χ1v) is 18.2. The fraction of sp³-hybridized carbons (Fsp3) is 0.143. The summed E-state index contributed by atoms with van der Waals surface area (Å²) in [5, 5.41) is 11.6. The van der Waals surface area contributed by atoms with Crippen LogP contribution in [0.15, 0.2) is 93.4 Å². The van der Waals surface area contributed by atoms with E-state index in [9.17, 15) is 40.6 Å². The molecule has 13 nitrogen and oxygen atoms in total. The van der Waals surface area contributed by atoms with Gasteiger partial charge in [-0.3, -0.25) is 18.9 Å². The van der Waals surface area contributed by atoms with E-state index in [0.717, 1.165) is 11.6 Å². The number of rotatable bonds is 11. The number of aromatic amines is 1. The number of carbonyl (C=O) groups excluding carboxylic acids is 2. The lowest BCUT2D eigenvalue weighted by Gasteiger charge is -2.25. The van der Waals surface area contributed by atoms with Crippen LogP contribution in [0, 0.1) is 6.92 Å². The van der Waals surface area contributed by atoms with E-state index >= 15 is 0 Å². The zero-order chi connectivity index (χ0) is 36.0. The number of hydrogen-bond acceptors (Lipinski definition) is 10. The zero-order valence-electron chi connectivity index (χ0n) is 26.2. The Bertz CT molecular complexity index is 2520. The number of hydrogen-bond donors (Lipinski definition) is 4. The van der Waals surface area contributed by atoms with Crippen molar-refractivity contribution in [3.63, 3.8) is 0 Å². The lowest BCUT2D eigenvalue weighted by Crippen LogP contribution is -2.25. The van der Waals surface area contributed by atoms with Crippen LogP contribution in [0.3, 0.4) is 0 Å². The summed E-state index contributed by atoms with van der Waals surface area (Å²) >= 11 is 0. The first-order valence-electron chi connectivity index (χ1n) is 15.1. The number of H-pyrrole nitrogens is 1. The molecular formula is C35H28N2O11S2. The molecule has 15 heteroatoms. The summed E-state index contributed by atoms with van der Waals surface area (Å²) in [4.78, 5) is 53.8. The summed E-state index contributed by atoms with van der Waals surface area (Å²) in [7, 11) is -9.03. The first-order chi connectivity index (χ1) is 23.7. The number of carbonyl (C=O) groups is 3. The maximum absolute atomic E-state index is 14.2. The van der Waals surface area contributed by atoms with Crippen LogP contribution in [-0.2, 0) is 36.1 Å². The Morgan fingerprint density at radius 2 is 1.58 bits per heavy atom. The van der Waals surface area contributed by atoms with E-state index in [1.54, 1.807) is 24.3 Å². The number of aromatic nitrogens is 1.